The summed E-state index contributed by atoms with van der Waals surface area (Å²) >= 11 is 0. The molecule has 0 radical (unpaired) electrons. The highest BCUT2D eigenvalue weighted by atomic mass is 35.5. The van der Waals surface area contributed by atoms with Crippen molar-refractivity contribution < 1.29 is 13.2 Å². The lowest BCUT2D eigenvalue weighted by Crippen LogP contribution is -2.53. The summed E-state index contributed by atoms with van der Waals surface area (Å²) in [6.45, 7) is 6.25. The molecule has 1 saturated heterocycles. The molecule has 0 bridgehead atoms. The Labute approximate surface area is 119 Å². The van der Waals surface area contributed by atoms with Crippen LogP contribution in [0.3, 0.4) is 0 Å². The van der Waals surface area contributed by atoms with Crippen LogP contribution in [-0.4, -0.2) is 43.3 Å². The molecule has 0 aromatic carbocycles. The summed E-state index contributed by atoms with van der Waals surface area (Å²) in [5, 5.41) is 3.08. The van der Waals surface area contributed by atoms with Crippen molar-refractivity contribution in [1.29, 1.82) is 0 Å². The van der Waals surface area contributed by atoms with Gasteiger partial charge in [-0.05, 0) is 18.8 Å². The molecule has 0 saturated carbocycles. The highest BCUT2D eigenvalue weighted by Crippen LogP contribution is 2.29. The molecule has 1 aliphatic rings. The van der Waals surface area contributed by atoms with Crippen LogP contribution in [0.1, 0.15) is 26.7 Å². The van der Waals surface area contributed by atoms with Crippen LogP contribution >= 0.6 is 24.8 Å². The zero-order valence-electron chi connectivity index (χ0n) is 10.8. The second kappa shape index (κ2) is 9.23. The SMILES string of the molecule is CC(C)CC[C@H](N1CCNCC1)C(F)(F)F.Cl.Cl. The number of rotatable bonds is 4. The van der Waals surface area contributed by atoms with Crippen LogP contribution in [0.5, 0.6) is 0 Å². The van der Waals surface area contributed by atoms with E-state index in [9.17, 15) is 13.2 Å². The summed E-state index contributed by atoms with van der Waals surface area (Å²) in [4.78, 5) is 1.57. The number of nitrogens with zero attached hydrogens (tertiary/aromatic N) is 1. The fourth-order valence-electron chi connectivity index (χ4n) is 2.04. The van der Waals surface area contributed by atoms with Gasteiger partial charge in [-0.25, -0.2) is 0 Å². The quantitative estimate of drug-likeness (QED) is 0.858. The Morgan fingerprint density at radius 2 is 1.56 bits per heavy atom. The number of piperazine rings is 1. The van der Waals surface area contributed by atoms with Crippen LogP contribution in [-0.2, 0) is 0 Å². The topological polar surface area (TPSA) is 15.3 Å². The van der Waals surface area contributed by atoms with E-state index in [2.05, 4.69) is 5.32 Å². The van der Waals surface area contributed by atoms with Crippen LogP contribution in [0, 0.1) is 5.92 Å². The van der Waals surface area contributed by atoms with Crippen molar-refractivity contribution >= 4 is 24.8 Å². The van der Waals surface area contributed by atoms with Crippen LogP contribution < -0.4 is 5.32 Å². The number of hydrogen-bond donors (Lipinski definition) is 1. The lowest BCUT2D eigenvalue weighted by atomic mass is 10.0. The molecule has 0 amide bonds. The lowest BCUT2D eigenvalue weighted by Gasteiger charge is -2.36. The first kappa shape index (κ1) is 20.6. The van der Waals surface area contributed by atoms with Gasteiger partial charge >= 0.3 is 6.18 Å². The van der Waals surface area contributed by atoms with E-state index in [1.165, 1.54) is 0 Å². The Bertz CT molecular complexity index is 207. The maximum absolute atomic E-state index is 12.9. The average Bonchev–Trinajstić information content (AvgIpc) is 2.17. The van der Waals surface area contributed by atoms with Crippen LogP contribution in [0.15, 0.2) is 0 Å². The largest absolute Gasteiger partial charge is 0.404 e. The van der Waals surface area contributed by atoms with Gasteiger partial charge in [-0.1, -0.05) is 13.8 Å². The summed E-state index contributed by atoms with van der Waals surface area (Å²) in [6, 6.07) is -1.25. The van der Waals surface area contributed by atoms with E-state index in [-0.39, 0.29) is 31.2 Å². The summed E-state index contributed by atoms with van der Waals surface area (Å²) < 4.78 is 38.7. The van der Waals surface area contributed by atoms with Crippen molar-refractivity contribution in [2.24, 2.45) is 5.92 Å². The fourth-order valence-corrected chi connectivity index (χ4v) is 2.04. The van der Waals surface area contributed by atoms with Gasteiger partial charge in [-0.2, -0.15) is 13.2 Å². The predicted molar refractivity (Wildman–Crippen MR) is 72.9 cm³/mol. The number of alkyl halides is 3. The minimum Gasteiger partial charge on any atom is -0.314 e. The molecular weight excluding hydrogens is 288 g/mol. The van der Waals surface area contributed by atoms with Crippen molar-refractivity contribution in [3.05, 3.63) is 0 Å². The van der Waals surface area contributed by atoms with Gasteiger partial charge in [0.15, 0.2) is 0 Å². The van der Waals surface area contributed by atoms with E-state index in [4.69, 9.17) is 0 Å². The molecule has 1 atom stereocenters. The molecule has 0 aliphatic carbocycles. The smallest absolute Gasteiger partial charge is 0.314 e. The average molecular weight is 311 g/mol. The van der Waals surface area contributed by atoms with Gasteiger partial charge in [-0.3, -0.25) is 4.90 Å². The lowest BCUT2D eigenvalue weighted by molar-refractivity contribution is -0.187. The highest BCUT2D eigenvalue weighted by molar-refractivity contribution is 5.85. The summed E-state index contributed by atoms with van der Waals surface area (Å²) in [7, 11) is 0. The number of nitrogens with one attached hydrogen (secondary N) is 1. The molecule has 7 heteroatoms. The molecule has 1 rings (SSSR count). The molecular formula is C11H23Cl2F3N2. The third kappa shape index (κ3) is 7.02. The van der Waals surface area contributed by atoms with Gasteiger partial charge in [0.1, 0.15) is 6.04 Å². The molecule has 0 unspecified atom stereocenters. The number of halogens is 5. The second-order valence-corrected chi connectivity index (χ2v) is 4.81. The molecule has 1 aliphatic heterocycles. The number of hydrogen-bond acceptors (Lipinski definition) is 2. The summed E-state index contributed by atoms with van der Waals surface area (Å²) in [6.07, 6.45) is -3.23. The Morgan fingerprint density at radius 1 is 1.06 bits per heavy atom. The van der Waals surface area contributed by atoms with Crippen molar-refractivity contribution in [2.75, 3.05) is 26.2 Å². The van der Waals surface area contributed by atoms with Crippen LogP contribution in [0.2, 0.25) is 0 Å². The first-order valence-electron chi connectivity index (χ1n) is 5.92. The molecule has 0 aromatic rings. The normalized spacial score (nSPS) is 19.0. The van der Waals surface area contributed by atoms with Crippen molar-refractivity contribution in [2.45, 2.75) is 38.9 Å². The van der Waals surface area contributed by atoms with E-state index in [1.807, 2.05) is 13.8 Å². The van der Waals surface area contributed by atoms with E-state index >= 15 is 0 Å². The first-order valence-corrected chi connectivity index (χ1v) is 5.92. The Kier molecular flexibility index (Phi) is 10.6. The Balaban J connectivity index is 0. The molecule has 0 aromatic heterocycles. The molecule has 1 N–H and O–H groups in total. The molecule has 0 spiro atoms. The minimum absolute atomic E-state index is 0. The summed E-state index contributed by atoms with van der Waals surface area (Å²) in [5.41, 5.74) is 0. The van der Waals surface area contributed by atoms with Crippen LogP contribution in [0.25, 0.3) is 0 Å². The zero-order valence-corrected chi connectivity index (χ0v) is 12.4. The van der Waals surface area contributed by atoms with Gasteiger partial charge < -0.3 is 5.32 Å². The van der Waals surface area contributed by atoms with Gasteiger partial charge in [0.05, 0.1) is 0 Å². The zero-order chi connectivity index (χ0) is 12.2. The first-order chi connectivity index (χ1) is 7.41. The molecule has 1 fully saturated rings. The minimum atomic E-state index is -4.09. The van der Waals surface area contributed by atoms with Crippen molar-refractivity contribution in [3.63, 3.8) is 0 Å². The van der Waals surface area contributed by atoms with Gasteiger partial charge in [0, 0.05) is 26.2 Å². The third-order valence-electron chi connectivity index (χ3n) is 2.99. The molecule has 2 nitrogen and oxygen atoms in total. The Hall–Kier alpha value is 0.290. The van der Waals surface area contributed by atoms with Gasteiger partial charge in [0.2, 0.25) is 0 Å². The molecule has 112 valence electrons. The van der Waals surface area contributed by atoms with E-state index < -0.39 is 12.2 Å². The van der Waals surface area contributed by atoms with Crippen molar-refractivity contribution in [3.8, 4) is 0 Å². The maximum atomic E-state index is 12.9. The van der Waals surface area contributed by atoms with E-state index in [0.29, 0.717) is 38.5 Å². The van der Waals surface area contributed by atoms with Crippen molar-refractivity contribution in [1.82, 2.24) is 10.2 Å². The van der Waals surface area contributed by atoms with E-state index in [0.717, 1.165) is 0 Å². The van der Waals surface area contributed by atoms with Gasteiger partial charge in [0.25, 0.3) is 0 Å². The maximum Gasteiger partial charge on any atom is 0.404 e. The van der Waals surface area contributed by atoms with Gasteiger partial charge in [-0.15, -0.1) is 24.8 Å². The predicted octanol–water partition coefficient (Wildman–Crippen LogP) is 3.10. The third-order valence-corrected chi connectivity index (χ3v) is 2.99. The van der Waals surface area contributed by atoms with Crippen LogP contribution in [0.4, 0.5) is 13.2 Å². The standard InChI is InChI=1S/C11H21F3N2.2ClH/c1-9(2)3-4-10(11(12,13)14)16-7-5-15-6-8-16;;/h9-10,15H,3-8H2,1-2H3;2*1H/t10-;;/m0../s1. The molecule has 18 heavy (non-hydrogen) atoms. The second-order valence-electron chi connectivity index (χ2n) is 4.81. The molecule has 1 heterocycles. The highest BCUT2D eigenvalue weighted by Gasteiger charge is 2.43. The van der Waals surface area contributed by atoms with E-state index in [1.54, 1.807) is 4.90 Å². The Morgan fingerprint density at radius 3 is 1.94 bits per heavy atom. The fraction of sp³-hybridized carbons (Fsp3) is 1.00. The summed E-state index contributed by atoms with van der Waals surface area (Å²) in [5.74, 6) is 0.327. The monoisotopic (exact) mass is 310 g/mol.